The molecule has 0 aliphatic heterocycles. The number of imidazole rings is 1. The topological polar surface area (TPSA) is 217 Å². The van der Waals surface area contributed by atoms with Crippen molar-refractivity contribution in [2.45, 2.75) is 37.4 Å². The van der Waals surface area contributed by atoms with Crippen LogP contribution in [0.1, 0.15) is 17.7 Å². The summed E-state index contributed by atoms with van der Waals surface area (Å²) < 4.78 is 0. The molecule has 13 heteroatoms. The number of amides is 3. The Labute approximate surface area is 194 Å². The molecule has 0 saturated carbocycles. The first kappa shape index (κ1) is 26.0. The summed E-state index contributed by atoms with van der Waals surface area (Å²) in [6, 6.07) is 4.94. The van der Waals surface area contributed by atoms with Gasteiger partial charge in [0.25, 0.3) is 0 Å². The lowest BCUT2D eigenvalue weighted by Gasteiger charge is -2.24. The molecule has 34 heavy (non-hydrogen) atoms. The summed E-state index contributed by atoms with van der Waals surface area (Å²) in [6.07, 6.45) is 2.20. The largest absolute Gasteiger partial charge is 0.481 e. The number of rotatable bonds is 13. The van der Waals surface area contributed by atoms with Gasteiger partial charge < -0.3 is 36.9 Å². The van der Waals surface area contributed by atoms with E-state index in [0.29, 0.717) is 11.3 Å². The Morgan fingerprint density at radius 2 is 1.56 bits per heavy atom. The molecule has 1 aromatic heterocycles. The Kier molecular flexibility index (Phi) is 9.71. The lowest BCUT2D eigenvalue weighted by atomic mass is 10.0. The SMILES string of the molecule is NC(CC(=O)O)C(=O)NC(Cc1ccccc1)C(=O)NC(Cc1cnc[nH]1)C(=O)NCC(=O)O. The number of nitrogens with one attached hydrogen (secondary N) is 4. The molecule has 2 rings (SSSR count). The predicted octanol–water partition coefficient (Wildman–Crippen LogP) is -1.83. The van der Waals surface area contributed by atoms with Crippen LogP contribution in [0.15, 0.2) is 42.9 Å². The van der Waals surface area contributed by atoms with Crippen LogP contribution in [0.2, 0.25) is 0 Å². The fraction of sp³-hybridized carbons (Fsp3) is 0.333. The molecule has 0 saturated heterocycles. The number of hydrogen-bond donors (Lipinski definition) is 7. The normalized spacial score (nSPS) is 13.2. The highest BCUT2D eigenvalue weighted by Gasteiger charge is 2.29. The van der Waals surface area contributed by atoms with Gasteiger partial charge in [-0.1, -0.05) is 30.3 Å². The average molecular weight is 474 g/mol. The van der Waals surface area contributed by atoms with Crippen LogP contribution >= 0.6 is 0 Å². The summed E-state index contributed by atoms with van der Waals surface area (Å²) in [7, 11) is 0. The number of carbonyl (C=O) groups is 5. The molecule has 3 atom stereocenters. The van der Waals surface area contributed by atoms with Crippen LogP contribution in [0, 0.1) is 0 Å². The third-order valence-corrected chi connectivity index (χ3v) is 4.67. The third-order valence-electron chi connectivity index (χ3n) is 4.67. The second-order valence-electron chi connectivity index (χ2n) is 7.41. The van der Waals surface area contributed by atoms with Crippen molar-refractivity contribution >= 4 is 29.7 Å². The molecule has 0 aliphatic carbocycles. The van der Waals surface area contributed by atoms with Gasteiger partial charge in [-0.2, -0.15) is 0 Å². The maximum absolute atomic E-state index is 13.1. The van der Waals surface area contributed by atoms with Crippen LogP contribution in [-0.4, -0.2) is 74.5 Å². The lowest BCUT2D eigenvalue weighted by molar-refractivity contribution is -0.139. The summed E-state index contributed by atoms with van der Waals surface area (Å²) in [4.78, 5) is 66.4. The van der Waals surface area contributed by atoms with Crippen LogP contribution in [-0.2, 0) is 36.8 Å². The van der Waals surface area contributed by atoms with Crippen molar-refractivity contribution in [2.75, 3.05) is 6.54 Å². The van der Waals surface area contributed by atoms with Crippen molar-refractivity contribution in [3.05, 3.63) is 54.1 Å². The Balaban J connectivity index is 2.20. The molecule has 3 amide bonds. The molecule has 0 aliphatic rings. The Morgan fingerprint density at radius 3 is 2.15 bits per heavy atom. The molecule has 0 fully saturated rings. The van der Waals surface area contributed by atoms with E-state index in [0.717, 1.165) is 0 Å². The molecule has 0 bridgehead atoms. The van der Waals surface area contributed by atoms with Gasteiger partial charge in [-0.25, -0.2) is 4.98 Å². The van der Waals surface area contributed by atoms with Gasteiger partial charge in [-0.15, -0.1) is 0 Å². The van der Waals surface area contributed by atoms with Crippen molar-refractivity contribution in [2.24, 2.45) is 5.73 Å². The first-order valence-electron chi connectivity index (χ1n) is 10.2. The Morgan fingerprint density at radius 1 is 0.912 bits per heavy atom. The molecular weight excluding hydrogens is 448 g/mol. The van der Waals surface area contributed by atoms with Gasteiger partial charge in [0.2, 0.25) is 17.7 Å². The van der Waals surface area contributed by atoms with E-state index in [4.69, 9.17) is 15.9 Å². The van der Waals surface area contributed by atoms with Crippen molar-refractivity contribution < 1.29 is 34.2 Å². The van der Waals surface area contributed by atoms with Crippen molar-refractivity contribution in [1.29, 1.82) is 0 Å². The highest BCUT2D eigenvalue weighted by molar-refractivity contribution is 5.94. The fourth-order valence-corrected chi connectivity index (χ4v) is 3.00. The van der Waals surface area contributed by atoms with E-state index in [1.54, 1.807) is 30.3 Å². The zero-order valence-electron chi connectivity index (χ0n) is 18.1. The van der Waals surface area contributed by atoms with Crippen LogP contribution in [0.5, 0.6) is 0 Å². The first-order chi connectivity index (χ1) is 16.2. The zero-order valence-corrected chi connectivity index (χ0v) is 18.1. The third kappa shape index (κ3) is 8.70. The molecule has 1 aromatic carbocycles. The number of nitrogens with zero attached hydrogens (tertiary/aromatic N) is 1. The highest BCUT2D eigenvalue weighted by atomic mass is 16.4. The van der Waals surface area contributed by atoms with Gasteiger partial charge in [-0.05, 0) is 5.56 Å². The second-order valence-corrected chi connectivity index (χ2v) is 7.41. The van der Waals surface area contributed by atoms with Crippen molar-refractivity contribution in [1.82, 2.24) is 25.9 Å². The summed E-state index contributed by atoms with van der Waals surface area (Å²) in [5.74, 6) is -4.88. The van der Waals surface area contributed by atoms with Gasteiger partial charge in [0.1, 0.15) is 18.6 Å². The van der Waals surface area contributed by atoms with Crippen LogP contribution in [0.25, 0.3) is 0 Å². The van der Waals surface area contributed by atoms with Gasteiger partial charge in [0.05, 0.1) is 18.8 Å². The van der Waals surface area contributed by atoms with Crippen LogP contribution in [0.3, 0.4) is 0 Å². The maximum Gasteiger partial charge on any atom is 0.322 e. The number of carboxylic acid groups (broad SMARTS) is 2. The van der Waals surface area contributed by atoms with Gasteiger partial charge >= 0.3 is 11.9 Å². The minimum atomic E-state index is -1.39. The maximum atomic E-state index is 13.1. The standard InChI is InChI=1S/C21H26N6O7/c22-14(8-17(28)29)19(32)26-15(6-12-4-2-1-3-5-12)21(34)27-16(7-13-9-23-11-25-13)20(33)24-10-18(30)31/h1-5,9,11,14-16H,6-8,10,22H2,(H,23,25)(H,24,33)(H,26,32)(H,27,34)(H,28,29)(H,30,31). The second kappa shape index (κ2) is 12.7. The van der Waals surface area contributed by atoms with Gasteiger partial charge in [0, 0.05) is 24.7 Å². The molecule has 8 N–H and O–H groups in total. The molecule has 1 heterocycles. The summed E-state index contributed by atoms with van der Waals surface area (Å²) in [5, 5.41) is 24.9. The van der Waals surface area contributed by atoms with E-state index in [9.17, 15) is 24.0 Å². The number of benzene rings is 1. The summed E-state index contributed by atoms with van der Waals surface area (Å²) in [5.41, 5.74) is 6.80. The molecule has 3 unspecified atom stereocenters. The number of hydrogen-bond acceptors (Lipinski definition) is 7. The fourth-order valence-electron chi connectivity index (χ4n) is 3.00. The molecule has 182 valence electrons. The number of aromatic nitrogens is 2. The minimum absolute atomic E-state index is 0.0261. The van der Waals surface area contributed by atoms with Crippen LogP contribution < -0.4 is 21.7 Å². The van der Waals surface area contributed by atoms with E-state index in [1.165, 1.54) is 12.5 Å². The number of carbonyl (C=O) groups excluding carboxylic acids is 3. The van der Waals surface area contributed by atoms with Crippen molar-refractivity contribution in [3.63, 3.8) is 0 Å². The molecule has 2 aromatic rings. The monoisotopic (exact) mass is 474 g/mol. The highest BCUT2D eigenvalue weighted by Crippen LogP contribution is 2.06. The van der Waals surface area contributed by atoms with E-state index < -0.39 is 60.8 Å². The molecule has 0 spiro atoms. The minimum Gasteiger partial charge on any atom is -0.481 e. The number of aromatic amines is 1. The summed E-state index contributed by atoms with van der Waals surface area (Å²) >= 11 is 0. The number of nitrogens with two attached hydrogens (primary N) is 1. The average Bonchev–Trinajstić information content (AvgIpc) is 3.29. The Bertz CT molecular complexity index is 996. The van der Waals surface area contributed by atoms with E-state index in [1.807, 2.05) is 0 Å². The number of aliphatic carboxylic acids is 2. The first-order valence-corrected chi connectivity index (χ1v) is 10.2. The predicted molar refractivity (Wildman–Crippen MR) is 117 cm³/mol. The zero-order chi connectivity index (χ0) is 25.1. The van der Waals surface area contributed by atoms with Crippen molar-refractivity contribution in [3.8, 4) is 0 Å². The smallest absolute Gasteiger partial charge is 0.322 e. The lowest BCUT2D eigenvalue weighted by Crippen LogP contribution is -2.57. The molecular formula is C21H26N6O7. The van der Waals surface area contributed by atoms with E-state index in [2.05, 4.69) is 25.9 Å². The number of H-pyrrole nitrogens is 1. The van der Waals surface area contributed by atoms with Gasteiger partial charge in [-0.3, -0.25) is 24.0 Å². The summed E-state index contributed by atoms with van der Waals surface area (Å²) in [6.45, 7) is -0.650. The van der Waals surface area contributed by atoms with Gasteiger partial charge in [0.15, 0.2) is 0 Å². The molecule has 13 nitrogen and oxygen atoms in total. The number of carboxylic acids is 2. The van der Waals surface area contributed by atoms with Crippen LogP contribution in [0.4, 0.5) is 0 Å². The molecule has 0 radical (unpaired) electrons. The van der Waals surface area contributed by atoms with E-state index in [-0.39, 0.29) is 12.8 Å². The Hall–Kier alpha value is -4.26. The quantitative estimate of drug-likeness (QED) is 0.173. The van der Waals surface area contributed by atoms with E-state index >= 15 is 0 Å².